The van der Waals surface area contributed by atoms with Crippen molar-refractivity contribution in [2.75, 3.05) is 0 Å². The minimum absolute atomic E-state index is 1.05. The molecule has 0 bridgehead atoms. The lowest BCUT2D eigenvalue weighted by atomic mass is 9.51. The molecule has 0 heterocycles. The Labute approximate surface area is 168 Å². The second-order valence-electron chi connectivity index (χ2n) is 6.94. The first kappa shape index (κ1) is 30.4. The minimum Gasteiger partial charge on any atom is -0.307 e. The van der Waals surface area contributed by atoms with Crippen LogP contribution in [0.2, 0.25) is 0 Å². The van der Waals surface area contributed by atoms with Crippen LogP contribution in [0.25, 0.3) is 0 Å². The second-order valence-corrected chi connectivity index (χ2v) is 6.94. The predicted molar refractivity (Wildman–Crippen MR) is 122 cm³/mol. The van der Waals surface area contributed by atoms with Gasteiger partial charge in [-0.3, -0.25) is 0 Å². The Hall–Kier alpha value is -0.330. The van der Waals surface area contributed by atoms with Gasteiger partial charge in [0.2, 0.25) is 0 Å². The lowest BCUT2D eigenvalue weighted by molar-refractivity contribution is -0.0979. The second kappa shape index (κ2) is 21.0. The molecule has 26 heavy (non-hydrogen) atoms. The van der Waals surface area contributed by atoms with E-state index in [1.54, 1.807) is 25.7 Å². The first-order chi connectivity index (χ1) is 12.8. The average Bonchev–Trinajstić information content (AvgIpc) is 2.79. The molecule has 3 fully saturated rings. The topological polar surface area (TPSA) is 17.1 Å². The lowest BCUT2D eigenvalue weighted by Gasteiger charge is -2.54. The molecule has 4 atom stereocenters. The molecule has 0 aromatic heterocycles. The van der Waals surface area contributed by atoms with Gasteiger partial charge in [0, 0.05) is 0 Å². The molecule has 160 valence electrons. The fourth-order valence-corrected chi connectivity index (χ4v) is 5.62. The number of hydrogen-bond acceptors (Lipinski definition) is 1. The number of carbonyl (C=O) groups is 1. The van der Waals surface area contributed by atoms with Crippen molar-refractivity contribution in [2.24, 2.45) is 35.5 Å². The summed E-state index contributed by atoms with van der Waals surface area (Å²) in [5, 5.41) is 0. The summed E-state index contributed by atoms with van der Waals surface area (Å²) in [4.78, 5) is 8.00. The van der Waals surface area contributed by atoms with E-state index in [4.69, 9.17) is 4.79 Å². The standard InChI is InChI=1S/C16H28.4C2H6.CH2O/c1-11-13-7-3-5-9-15(13)12(2)16-10-6-4-8-14(11)16;5*1-2/h11-16H,3-10H2,1-2H3;4*1-2H3;1H2. The summed E-state index contributed by atoms with van der Waals surface area (Å²) in [7, 11) is 0. The number of fused-ring (bicyclic) bond motifs is 2. The molecule has 1 nitrogen and oxygen atoms in total. The number of rotatable bonds is 0. The van der Waals surface area contributed by atoms with Crippen molar-refractivity contribution in [1.29, 1.82) is 0 Å². The van der Waals surface area contributed by atoms with Gasteiger partial charge in [0.15, 0.2) is 0 Å². The molecule has 0 saturated heterocycles. The van der Waals surface area contributed by atoms with Crippen molar-refractivity contribution in [3.05, 3.63) is 0 Å². The molecular weight excluding hydrogens is 316 g/mol. The average molecular weight is 371 g/mol. The normalized spacial score (nSPS) is 33.6. The molecule has 3 saturated carbocycles. The Bertz CT molecular complexity index is 213. The van der Waals surface area contributed by atoms with E-state index in [0.717, 1.165) is 35.5 Å². The minimum atomic E-state index is 1.05. The van der Waals surface area contributed by atoms with Gasteiger partial charge in [0.25, 0.3) is 0 Å². The largest absolute Gasteiger partial charge is 0.307 e. The Morgan fingerprint density at radius 2 is 0.615 bits per heavy atom. The molecule has 0 amide bonds. The van der Waals surface area contributed by atoms with Gasteiger partial charge < -0.3 is 4.79 Å². The Kier molecular flexibility index (Phi) is 24.5. The molecule has 0 aromatic carbocycles. The zero-order valence-corrected chi connectivity index (χ0v) is 20.2. The van der Waals surface area contributed by atoms with Gasteiger partial charge in [-0.1, -0.05) is 94.9 Å². The number of carbonyl (C=O) groups excluding carboxylic acids is 1. The zero-order chi connectivity index (χ0) is 21.1. The molecule has 3 aliphatic carbocycles. The maximum absolute atomic E-state index is 8.00. The third kappa shape index (κ3) is 8.57. The fraction of sp³-hybridized carbons (Fsp3) is 0.960. The molecular formula is C25H54O. The highest BCUT2D eigenvalue weighted by Crippen LogP contribution is 2.55. The van der Waals surface area contributed by atoms with Gasteiger partial charge >= 0.3 is 0 Å². The summed E-state index contributed by atoms with van der Waals surface area (Å²) in [6, 6.07) is 0. The molecule has 3 aliphatic rings. The van der Waals surface area contributed by atoms with E-state index in [2.05, 4.69) is 13.8 Å². The van der Waals surface area contributed by atoms with Crippen LogP contribution in [0.15, 0.2) is 0 Å². The van der Waals surface area contributed by atoms with Gasteiger partial charge in [-0.2, -0.15) is 0 Å². The monoisotopic (exact) mass is 370 g/mol. The van der Waals surface area contributed by atoms with Crippen LogP contribution in [0.1, 0.15) is 121 Å². The summed E-state index contributed by atoms with van der Waals surface area (Å²) in [6.07, 6.45) is 12.3. The van der Waals surface area contributed by atoms with E-state index in [-0.39, 0.29) is 0 Å². The molecule has 0 radical (unpaired) electrons. The van der Waals surface area contributed by atoms with Crippen molar-refractivity contribution in [3.63, 3.8) is 0 Å². The van der Waals surface area contributed by atoms with Crippen LogP contribution in [0.4, 0.5) is 0 Å². The van der Waals surface area contributed by atoms with Gasteiger partial charge in [-0.05, 0) is 61.2 Å². The molecule has 0 aromatic rings. The highest BCUT2D eigenvalue weighted by molar-refractivity contribution is 5.11. The van der Waals surface area contributed by atoms with Gasteiger partial charge in [-0.15, -0.1) is 0 Å². The van der Waals surface area contributed by atoms with Gasteiger partial charge in [0.1, 0.15) is 6.79 Å². The highest BCUT2D eigenvalue weighted by Gasteiger charge is 2.47. The van der Waals surface area contributed by atoms with E-state index in [0.29, 0.717) is 0 Å². The Morgan fingerprint density at radius 3 is 0.769 bits per heavy atom. The van der Waals surface area contributed by atoms with E-state index in [1.165, 1.54) is 25.7 Å². The Morgan fingerprint density at radius 1 is 0.462 bits per heavy atom. The van der Waals surface area contributed by atoms with Gasteiger partial charge in [0.05, 0.1) is 0 Å². The fourth-order valence-electron chi connectivity index (χ4n) is 5.62. The van der Waals surface area contributed by atoms with Crippen molar-refractivity contribution in [1.82, 2.24) is 0 Å². The summed E-state index contributed by atoms with van der Waals surface area (Å²) < 4.78 is 0. The van der Waals surface area contributed by atoms with Crippen LogP contribution >= 0.6 is 0 Å². The predicted octanol–water partition coefficient (Wildman–Crippen LogP) is 8.80. The first-order valence-corrected chi connectivity index (χ1v) is 12.1. The van der Waals surface area contributed by atoms with Crippen molar-refractivity contribution in [2.45, 2.75) is 121 Å². The molecule has 3 rings (SSSR count). The smallest absolute Gasteiger partial charge is 0.106 e. The molecule has 0 N–H and O–H groups in total. The van der Waals surface area contributed by atoms with Crippen LogP contribution < -0.4 is 0 Å². The molecule has 0 aliphatic heterocycles. The van der Waals surface area contributed by atoms with Crippen molar-refractivity contribution in [3.8, 4) is 0 Å². The molecule has 4 unspecified atom stereocenters. The van der Waals surface area contributed by atoms with Crippen LogP contribution in [-0.4, -0.2) is 6.79 Å². The van der Waals surface area contributed by atoms with E-state index in [9.17, 15) is 0 Å². The van der Waals surface area contributed by atoms with Crippen LogP contribution in [0, 0.1) is 35.5 Å². The van der Waals surface area contributed by atoms with E-state index in [1.807, 2.05) is 62.2 Å². The molecule has 1 heteroatoms. The van der Waals surface area contributed by atoms with E-state index < -0.39 is 0 Å². The molecule has 0 spiro atoms. The maximum atomic E-state index is 8.00. The quantitative estimate of drug-likeness (QED) is 0.416. The van der Waals surface area contributed by atoms with Crippen LogP contribution in [0.3, 0.4) is 0 Å². The summed E-state index contributed by atoms with van der Waals surface area (Å²) in [5.74, 6) is 6.50. The number of hydrogen-bond donors (Lipinski definition) is 0. The Balaban J connectivity index is -0.000000462. The van der Waals surface area contributed by atoms with Crippen molar-refractivity contribution >= 4 is 6.79 Å². The summed E-state index contributed by atoms with van der Waals surface area (Å²) in [5.41, 5.74) is 0. The van der Waals surface area contributed by atoms with Crippen molar-refractivity contribution < 1.29 is 4.79 Å². The maximum Gasteiger partial charge on any atom is 0.106 e. The zero-order valence-electron chi connectivity index (χ0n) is 20.2. The van der Waals surface area contributed by atoms with Gasteiger partial charge in [-0.25, -0.2) is 0 Å². The lowest BCUT2D eigenvalue weighted by Crippen LogP contribution is -2.46. The summed E-state index contributed by atoms with van der Waals surface area (Å²) >= 11 is 0. The first-order valence-electron chi connectivity index (χ1n) is 12.1. The third-order valence-electron chi connectivity index (χ3n) is 6.45. The highest BCUT2D eigenvalue weighted by atomic mass is 16.1. The van der Waals surface area contributed by atoms with Crippen LogP contribution in [0.5, 0.6) is 0 Å². The summed E-state index contributed by atoms with van der Waals surface area (Å²) in [6.45, 7) is 23.2. The van der Waals surface area contributed by atoms with E-state index >= 15 is 0 Å². The SMILES string of the molecule is C=O.CC.CC.CC.CC.CC1C2CCCCC2C(C)C2CCCCC12. The van der Waals surface area contributed by atoms with Crippen LogP contribution in [-0.2, 0) is 4.79 Å². The third-order valence-corrected chi connectivity index (χ3v) is 6.45.